The molecule has 1 aliphatic heterocycles. The number of nitriles is 1. The van der Waals surface area contributed by atoms with E-state index >= 15 is 0 Å². The minimum absolute atomic E-state index is 0.289. The molecule has 0 saturated heterocycles. The largest absolute Gasteiger partial charge is 0.361 e. The highest BCUT2D eigenvalue weighted by Crippen LogP contribution is 2.41. The average molecular weight is 398 g/mol. The fourth-order valence-electron chi connectivity index (χ4n) is 3.21. The van der Waals surface area contributed by atoms with Crippen molar-refractivity contribution in [2.75, 3.05) is 5.32 Å². The van der Waals surface area contributed by atoms with E-state index in [1.165, 1.54) is 0 Å². The van der Waals surface area contributed by atoms with Crippen molar-refractivity contribution in [1.82, 2.24) is 5.32 Å². The van der Waals surface area contributed by atoms with Gasteiger partial charge in [0.1, 0.15) is 0 Å². The predicted molar refractivity (Wildman–Crippen MR) is 108 cm³/mol. The number of halogens is 2. The summed E-state index contributed by atoms with van der Waals surface area (Å²) in [5.41, 5.74) is 3.61. The zero-order valence-corrected chi connectivity index (χ0v) is 16.3. The van der Waals surface area contributed by atoms with Crippen LogP contribution in [0.4, 0.5) is 5.69 Å². The van der Waals surface area contributed by atoms with Crippen molar-refractivity contribution in [1.29, 1.82) is 5.26 Å². The number of anilines is 1. The van der Waals surface area contributed by atoms with Crippen LogP contribution in [-0.2, 0) is 4.79 Å². The first-order valence-electron chi connectivity index (χ1n) is 8.32. The smallest absolute Gasteiger partial charge is 0.254 e. The van der Waals surface area contributed by atoms with Crippen LogP contribution in [0.5, 0.6) is 0 Å². The number of nitrogens with one attached hydrogen (secondary N) is 2. The zero-order valence-electron chi connectivity index (χ0n) is 14.8. The second-order valence-corrected chi connectivity index (χ2v) is 7.08. The van der Waals surface area contributed by atoms with Gasteiger partial charge >= 0.3 is 0 Å². The number of dihydropyridines is 1. The Morgan fingerprint density at radius 2 is 1.81 bits per heavy atom. The van der Waals surface area contributed by atoms with E-state index in [4.69, 9.17) is 23.2 Å². The normalized spacial score (nSPS) is 16.6. The Morgan fingerprint density at radius 1 is 1.11 bits per heavy atom. The van der Waals surface area contributed by atoms with Gasteiger partial charge < -0.3 is 10.6 Å². The lowest BCUT2D eigenvalue weighted by molar-refractivity contribution is -0.113. The molecule has 1 heterocycles. The Balaban J connectivity index is 2.10. The van der Waals surface area contributed by atoms with E-state index in [1.807, 2.05) is 32.0 Å². The van der Waals surface area contributed by atoms with Gasteiger partial charge in [-0.25, -0.2) is 0 Å². The van der Waals surface area contributed by atoms with Crippen molar-refractivity contribution in [3.8, 4) is 6.07 Å². The summed E-state index contributed by atoms with van der Waals surface area (Å²) >= 11 is 12.4. The molecule has 0 fully saturated rings. The minimum Gasteiger partial charge on any atom is -0.361 e. The molecule has 1 atom stereocenters. The highest BCUT2D eigenvalue weighted by atomic mass is 35.5. The van der Waals surface area contributed by atoms with E-state index in [9.17, 15) is 10.1 Å². The molecule has 4 nitrogen and oxygen atoms in total. The van der Waals surface area contributed by atoms with Crippen LogP contribution in [-0.4, -0.2) is 5.91 Å². The van der Waals surface area contributed by atoms with Gasteiger partial charge in [0, 0.05) is 32.7 Å². The minimum atomic E-state index is -0.579. The third-order valence-electron chi connectivity index (χ3n) is 4.43. The molecule has 1 unspecified atom stereocenters. The Hall–Kier alpha value is -2.74. The summed E-state index contributed by atoms with van der Waals surface area (Å²) in [5.74, 6) is -0.868. The lowest BCUT2D eigenvalue weighted by Gasteiger charge is -2.29. The van der Waals surface area contributed by atoms with Crippen LogP contribution < -0.4 is 10.6 Å². The van der Waals surface area contributed by atoms with Gasteiger partial charge in [0.05, 0.1) is 17.6 Å². The number of carbonyl (C=O) groups is 1. The number of hydrogen-bond donors (Lipinski definition) is 2. The van der Waals surface area contributed by atoms with Gasteiger partial charge in [0.15, 0.2) is 0 Å². The van der Waals surface area contributed by atoms with Crippen molar-refractivity contribution < 1.29 is 4.79 Å². The number of carbonyl (C=O) groups excluding carboxylic acids is 1. The fraction of sp³-hybridized carbons (Fsp3) is 0.143. The number of amides is 1. The Morgan fingerprint density at radius 3 is 2.44 bits per heavy atom. The Labute approximate surface area is 168 Å². The van der Waals surface area contributed by atoms with Gasteiger partial charge in [-0.15, -0.1) is 0 Å². The molecular formula is C21H17Cl2N3O. The van der Waals surface area contributed by atoms with E-state index in [1.54, 1.807) is 30.3 Å². The molecule has 0 aliphatic carbocycles. The molecule has 0 bridgehead atoms. The maximum absolute atomic E-state index is 13.1. The third kappa shape index (κ3) is 3.85. The number of allylic oxidation sites excluding steroid dienone is 3. The molecule has 0 aromatic heterocycles. The first kappa shape index (κ1) is 19.0. The lowest BCUT2D eigenvalue weighted by atomic mass is 9.80. The average Bonchev–Trinajstić information content (AvgIpc) is 2.62. The van der Waals surface area contributed by atoms with Gasteiger partial charge in [-0.2, -0.15) is 5.26 Å². The number of rotatable bonds is 3. The Kier molecular flexibility index (Phi) is 5.55. The molecule has 3 rings (SSSR count). The summed E-state index contributed by atoms with van der Waals surface area (Å²) in [6, 6.07) is 16.5. The number of para-hydroxylation sites is 1. The molecule has 27 heavy (non-hydrogen) atoms. The highest BCUT2D eigenvalue weighted by Gasteiger charge is 2.34. The second kappa shape index (κ2) is 7.87. The number of benzene rings is 2. The predicted octanol–water partition coefficient (Wildman–Crippen LogP) is 5.39. The molecule has 2 aromatic rings. The first-order valence-corrected chi connectivity index (χ1v) is 9.08. The van der Waals surface area contributed by atoms with E-state index in [2.05, 4.69) is 16.7 Å². The summed E-state index contributed by atoms with van der Waals surface area (Å²) in [6.45, 7) is 3.62. The lowest BCUT2D eigenvalue weighted by Crippen LogP contribution is -2.30. The maximum Gasteiger partial charge on any atom is 0.254 e. The third-order valence-corrected chi connectivity index (χ3v) is 4.99. The monoisotopic (exact) mass is 397 g/mol. The molecule has 2 aromatic carbocycles. The van der Waals surface area contributed by atoms with Crippen molar-refractivity contribution in [2.45, 2.75) is 19.8 Å². The summed E-state index contributed by atoms with van der Waals surface area (Å²) in [5, 5.41) is 16.7. The zero-order chi connectivity index (χ0) is 19.6. The van der Waals surface area contributed by atoms with Crippen LogP contribution in [0.1, 0.15) is 25.3 Å². The summed E-state index contributed by atoms with van der Waals surface area (Å²) in [6.07, 6.45) is 0. The van der Waals surface area contributed by atoms with Gasteiger partial charge in [0.2, 0.25) is 0 Å². The summed E-state index contributed by atoms with van der Waals surface area (Å²) in [7, 11) is 0. The molecule has 0 saturated carbocycles. The van der Waals surface area contributed by atoms with E-state index in [-0.39, 0.29) is 5.91 Å². The molecular weight excluding hydrogens is 381 g/mol. The first-order chi connectivity index (χ1) is 12.9. The van der Waals surface area contributed by atoms with Crippen molar-refractivity contribution in [3.63, 3.8) is 0 Å². The van der Waals surface area contributed by atoms with Crippen molar-refractivity contribution in [3.05, 3.63) is 86.7 Å². The summed E-state index contributed by atoms with van der Waals surface area (Å²) < 4.78 is 0. The summed E-state index contributed by atoms with van der Waals surface area (Å²) in [4.78, 5) is 13.1. The Bertz CT molecular complexity index is 1000. The van der Waals surface area contributed by atoms with Crippen LogP contribution in [0.25, 0.3) is 0 Å². The molecule has 2 N–H and O–H groups in total. The quantitative estimate of drug-likeness (QED) is 0.729. The molecule has 6 heteroatoms. The molecule has 0 spiro atoms. The fourth-order valence-corrected chi connectivity index (χ4v) is 3.73. The molecule has 1 amide bonds. The van der Waals surface area contributed by atoms with Gasteiger partial charge in [-0.1, -0.05) is 47.5 Å². The van der Waals surface area contributed by atoms with E-state index in [0.717, 1.165) is 0 Å². The topological polar surface area (TPSA) is 64.9 Å². The van der Waals surface area contributed by atoms with E-state index < -0.39 is 5.92 Å². The van der Waals surface area contributed by atoms with Gasteiger partial charge in [-0.05, 0) is 43.7 Å². The van der Waals surface area contributed by atoms with Crippen LogP contribution in [0.3, 0.4) is 0 Å². The molecule has 1 aliphatic rings. The molecule has 0 radical (unpaired) electrons. The van der Waals surface area contributed by atoms with Crippen LogP contribution in [0.2, 0.25) is 10.0 Å². The highest BCUT2D eigenvalue weighted by molar-refractivity contribution is 6.35. The van der Waals surface area contributed by atoms with Crippen molar-refractivity contribution >= 4 is 34.8 Å². The standard InChI is InChI=1S/C21H17Cl2N3O/c1-12-17(11-24)20(16-9-8-14(22)10-18(16)23)19(13(2)25-12)21(27)26-15-6-4-3-5-7-15/h3-10,20,25H,1-2H3,(H,26,27). The van der Waals surface area contributed by atoms with Crippen LogP contribution in [0, 0.1) is 11.3 Å². The number of nitrogens with zero attached hydrogens (tertiary/aromatic N) is 1. The SMILES string of the molecule is CC1=C(C#N)C(c2ccc(Cl)cc2Cl)C(C(=O)Nc2ccccc2)=C(C)N1. The van der Waals surface area contributed by atoms with Gasteiger partial charge in [-0.3, -0.25) is 4.79 Å². The van der Waals surface area contributed by atoms with Crippen LogP contribution in [0.15, 0.2) is 71.1 Å². The molecule has 136 valence electrons. The van der Waals surface area contributed by atoms with E-state index in [0.29, 0.717) is 43.8 Å². The van der Waals surface area contributed by atoms with Crippen LogP contribution >= 0.6 is 23.2 Å². The second-order valence-electron chi connectivity index (χ2n) is 6.23. The maximum atomic E-state index is 13.1. The van der Waals surface area contributed by atoms with Gasteiger partial charge in [0.25, 0.3) is 5.91 Å². The van der Waals surface area contributed by atoms with Crippen molar-refractivity contribution in [2.24, 2.45) is 0 Å². The number of hydrogen-bond acceptors (Lipinski definition) is 3.